The maximum Gasteiger partial charge on any atom is 0.304 e. The number of rotatable bonds is 6. The van der Waals surface area contributed by atoms with Crippen LogP contribution < -0.4 is 0 Å². The maximum absolute atomic E-state index is 10.5. The van der Waals surface area contributed by atoms with E-state index >= 15 is 0 Å². The van der Waals surface area contributed by atoms with Gasteiger partial charge in [0, 0.05) is 13.1 Å². The van der Waals surface area contributed by atoms with E-state index in [4.69, 9.17) is 9.52 Å². The van der Waals surface area contributed by atoms with E-state index in [-0.39, 0.29) is 6.42 Å². The van der Waals surface area contributed by atoms with Crippen molar-refractivity contribution >= 4 is 17.3 Å². The number of carboxylic acids is 1. The van der Waals surface area contributed by atoms with Gasteiger partial charge in [-0.05, 0) is 18.5 Å². The van der Waals surface area contributed by atoms with Crippen LogP contribution in [0.4, 0.5) is 0 Å². The molecule has 6 heteroatoms. The van der Waals surface area contributed by atoms with Gasteiger partial charge < -0.3 is 9.52 Å². The smallest absolute Gasteiger partial charge is 0.304 e. The van der Waals surface area contributed by atoms with Gasteiger partial charge in [-0.1, -0.05) is 6.07 Å². The fourth-order valence-electron chi connectivity index (χ4n) is 1.54. The minimum absolute atomic E-state index is 0.131. The van der Waals surface area contributed by atoms with Crippen LogP contribution in [0.3, 0.4) is 0 Å². The van der Waals surface area contributed by atoms with Crippen molar-refractivity contribution in [2.24, 2.45) is 0 Å². The van der Waals surface area contributed by atoms with Gasteiger partial charge >= 0.3 is 5.97 Å². The van der Waals surface area contributed by atoms with Crippen LogP contribution in [-0.4, -0.2) is 34.6 Å². The summed E-state index contributed by atoms with van der Waals surface area (Å²) in [5, 5.41) is 10.6. The molecule has 5 nitrogen and oxygen atoms in total. The molecule has 0 radical (unpaired) electrons. The Morgan fingerprint density at radius 1 is 1.61 bits per heavy atom. The quantitative estimate of drug-likeness (QED) is 0.869. The topological polar surface area (TPSA) is 66.6 Å². The Balaban J connectivity index is 1.92. The van der Waals surface area contributed by atoms with E-state index in [1.165, 1.54) is 0 Å². The SMILES string of the molecule is CN(CCC(=O)O)Cc1coc(-c2cccs2)n1. The lowest BCUT2D eigenvalue weighted by atomic mass is 10.3. The van der Waals surface area contributed by atoms with E-state index < -0.39 is 5.97 Å². The Labute approximate surface area is 109 Å². The Hall–Kier alpha value is -1.66. The molecule has 2 aromatic heterocycles. The normalized spacial score (nSPS) is 11.0. The van der Waals surface area contributed by atoms with Crippen molar-refractivity contribution < 1.29 is 14.3 Å². The van der Waals surface area contributed by atoms with Crippen LogP contribution in [0.15, 0.2) is 28.2 Å². The van der Waals surface area contributed by atoms with Crippen LogP contribution in [0.25, 0.3) is 10.8 Å². The van der Waals surface area contributed by atoms with Gasteiger partial charge in [-0.3, -0.25) is 9.69 Å². The van der Waals surface area contributed by atoms with Gasteiger partial charge in [0.2, 0.25) is 5.89 Å². The molecular formula is C12H14N2O3S. The van der Waals surface area contributed by atoms with Gasteiger partial charge in [0.25, 0.3) is 0 Å². The molecule has 2 aromatic rings. The lowest BCUT2D eigenvalue weighted by Crippen LogP contribution is -2.21. The molecule has 0 aliphatic rings. The Bertz CT molecular complexity index is 507. The minimum Gasteiger partial charge on any atom is -0.481 e. The summed E-state index contributed by atoms with van der Waals surface area (Å²) in [4.78, 5) is 17.7. The van der Waals surface area contributed by atoms with Crippen LogP contribution in [0.1, 0.15) is 12.1 Å². The summed E-state index contributed by atoms with van der Waals surface area (Å²) in [5.41, 5.74) is 0.811. The Morgan fingerprint density at radius 3 is 3.11 bits per heavy atom. The molecular weight excluding hydrogens is 252 g/mol. The first kappa shape index (κ1) is 12.8. The van der Waals surface area contributed by atoms with Crippen molar-refractivity contribution in [2.75, 3.05) is 13.6 Å². The number of hydrogen-bond acceptors (Lipinski definition) is 5. The third-order valence-corrected chi connectivity index (χ3v) is 3.28. The number of carboxylic acid groups (broad SMARTS) is 1. The zero-order valence-corrected chi connectivity index (χ0v) is 10.8. The van der Waals surface area contributed by atoms with E-state index in [9.17, 15) is 4.79 Å². The molecule has 2 rings (SSSR count). The first-order valence-electron chi connectivity index (χ1n) is 5.54. The van der Waals surface area contributed by atoms with E-state index in [1.54, 1.807) is 17.6 Å². The third-order valence-electron chi connectivity index (χ3n) is 2.42. The lowest BCUT2D eigenvalue weighted by Gasteiger charge is -2.12. The second-order valence-electron chi connectivity index (χ2n) is 4.00. The van der Waals surface area contributed by atoms with Crippen molar-refractivity contribution in [3.05, 3.63) is 29.5 Å². The minimum atomic E-state index is -0.790. The molecule has 0 unspecified atom stereocenters. The molecule has 0 aliphatic heterocycles. The summed E-state index contributed by atoms with van der Waals surface area (Å²) in [5.74, 6) is -0.173. The molecule has 0 fully saturated rings. The maximum atomic E-state index is 10.5. The zero-order valence-electron chi connectivity index (χ0n) is 10.00. The molecule has 0 atom stereocenters. The summed E-state index contributed by atoms with van der Waals surface area (Å²) in [7, 11) is 1.86. The van der Waals surface area contributed by atoms with Crippen molar-refractivity contribution in [3.8, 4) is 10.8 Å². The number of thiophene rings is 1. The van der Waals surface area contributed by atoms with Crippen molar-refractivity contribution in [1.29, 1.82) is 0 Å². The summed E-state index contributed by atoms with van der Waals surface area (Å²) in [6.07, 6.45) is 1.75. The molecule has 18 heavy (non-hydrogen) atoms. The Morgan fingerprint density at radius 2 is 2.44 bits per heavy atom. The van der Waals surface area contributed by atoms with Crippen molar-refractivity contribution in [1.82, 2.24) is 9.88 Å². The largest absolute Gasteiger partial charge is 0.481 e. The average Bonchev–Trinajstić information content (AvgIpc) is 2.95. The summed E-state index contributed by atoms with van der Waals surface area (Å²) >= 11 is 1.57. The highest BCUT2D eigenvalue weighted by atomic mass is 32.1. The highest BCUT2D eigenvalue weighted by molar-refractivity contribution is 7.13. The van der Waals surface area contributed by atoms with Crippen LogP contribution in [-0.2, 0) is 11.3 Å². The second-order valence-corrected chi connectivity index (χ2v) is 4.95. The highest BCUT2D eigenvalue weighted by Gasteiger charge is 2.10. The van der Waals surface area contributed by atoms with E-state index in [1.807, 2.05) is 29.5 Å². The fraction of sp³-hybridized carbons (Fsp3) is 0.333. The van der Waals surface area contributed by atoms with Crippen molar-refractivity contribution in [3.63, 3.8) is 0 Å². The highest BCUT2D eigenvalue weighted by Crippen LogP contribution is 2.23. The van der Waals surface area contributed by atoms with Crippen molar-refractivity contribution in [2.45, 2.75) is 13.0 Å². The second kappa shape index (κ2) is 5.79. The summed E-state index contributed by atoms with van der Waals surface area (Å²) in [6, 6.07) is 3.90. The van der Waals surface area contributed by atoms with Gasteiger partial charge in [0.05, 0.1) is 17.0 Å². The van der Waals surface area contributed by atoms with Crippen LogP contribution in [0.5, 0.6) is 0 Å². The van der Waals surface area contributed by atoms with Gasteiger partial charge in [0.15, 0.2) is 0 Å². The fourth-order valence-corrected chi connectivity index (χ4v) is 2.19. The lowest BCUT2D eigenvalue weighted by molar-refractivity contribution is -0.137. The molecule has 96 valence electrons. The predicted molar refractivity (Wildman–Crippen MR) is 68.4 cm³/mol. The molecule has 0 saturated carbocycles. The van der Waals surface area contributed by atoms with Gasteiger partial charge in [-0.25, -0.2) is 4.98 Å². The Kier molecular flexibility index (Phi) is 4.11. The number of aromatic nitrogens is 1. The van der Waals surface area contributed by atoms with Crippen LogP contribution >= 0.6 is 11.3 Å². The zero-order chi connectivity index (χ0) is 13.0. The van der Waals surface area contributed by atoms with Gasteiger partial charge in [-0.2, -0.15) is 0 Å². The van der Waals surface area contributed by atoms with E-state index in [2.05, 4.69) is 4.98 Å². The summed E-state index contributed by atoms with van der Waals surface area (Å²) in [6.45, 7) is 1.08. The predicted octanol–water partition coefficient (Wildman–Crippen LogP) is 2.31. The molecule has 2 heterocycles. The molecule has 0 amide bonds. The van der Waals surface area contributed by atoms with Crippen LogP contribution in [0.2, 0.25) is 0 Å². The molecule has 0 aliphatic carbocycles. The first-order chi connectivity index (χ1) is 8.65. The number of aliphatic carboxylic acids is 1. The van der Waals surface area contributed by atoms with Gasteiger partial charge in [0.1, 0.15) is 6.26 Å². The van der Waals surface area contributed by atoms with E-state index in [0.29, 0.717) is 19.0 Å². The molecule has 0 saturated heterocycles. The summed E-state index contributed by atoms with van der Waals surface area (Å²) < 4.78 is 5.39. The molecule has 0 aromatic carbocycles. The monoisotopic (exact) mass is 266 g/mol. The van der Waals surface area contributed by atoms with Crippen LogP contribution in [0, 0.1) is 0 Å². The number of nitrogens with zero attached hydrogens (tertiary/aromatic N) is 2. The number of hydrogen-bond donors (Lipinski definition) is 1. The molecule has 0 spiro atoms. The average molecular weight is 266 g/mol. The molecule has 0 bridgehead atoms. The number of carbonyl (C=O) groups is 1. The van der Waals surface area contributed by atoms with Gasteiger partial charge in [-0.15, -0.1) is 11.3 Å². The number of oxazole rings is 1. The standard InChI is InChI=1S/C12H14N2O3S/c1-14(5-4-11(15)16)7-9-8-17-12(13-9)10-3-2-6-18-10/h2-3,6,8H,4-5,7H2,1H3,(H,15,16). The molecule has 1 N–H and O–H groups in total. The first-order valence-corrected chi connectivity index (χ1v) is 6.42. The van der Waals surface area contributed by atoms with E-state index in [0.717, 1.165) is 10.6 Å². The third kappa shape index (κ3) is 3.41.